The average molecular weight is 549 g/mol. The quantitative estimate of drug-likeness (QED) is 0.124. The van der Waals surface area contributed by atoms with Crippen LogP contribution in [-0.4, -0.2) is 94.3 Å². The zero-order valence-electron chi connectivity index (χ0n) is 20.5. The molecule has 3 aromatic rings. The van der Waals surface area contributed by atoms with Gasteiger partial charge in [-0.2, -0.15) is 0 Å². The van der Waals surface area contributed by atoms with Crippen molar-refractivity contribution in [2.45, 2.75) is 30.7 Å². The topological polar surface area (TPSA) is 218 Å². The Morgan fingerprint density at radius 1 is 1.05 bits per heavy atom. The van der Waals surface area contributed by atoms with Gasteiger partial charge < -0.3 is 59.3 Å². The van der Waals surface area contributed by atoms with Gasteiger partial charge in [0, 0.05) is 24.2 Å². The highest BCUT2D eigenvalue weighted by Crippen LogP contribution is 2.43. The van der Waals surface area contributed by atoms with E-state index in [0.717, 1.165) is 12.1 Å². The van der Waals surface area contributed by atoms with E-state index in [0.29, 0.717) is 24.5 Å². The highest BCUT2D eigenvalue weighted by Gasteiger charge is 2.48. The molecule has 1 fully saturated rings. The number of aliphatic carboxylic acids is 1. The third kappa shape index (κ3) is 5.75. The summed E-state index contributed by atoms with van der Waals surface area (Å²) in [6.07, 6.45) is -9.68. The van der Waals surface area contributed by atoms with Gasteiger partial charge in [0.05, 0.1) is 0 Å². The van der Waals surface area contributed by atoms with E-state index in [1.807, 2.05) is 0 Å². The van der Waals surface area contributed by atoms with E-state index in [9.17, 15) is 40.2 Å². The first kappa shape index (κ1) is 28.1. The van der Waals surface area contributed by atoms with E-state index < -0.39 is 66.1 Å². The predicted molar refractivity (Wildman–Crippen MR) is 132 cm³/mol. The van der Waals surface area contributed by atoms with E-state index in [4.69, 9.17) is 23.4 Å². The number of carboxylic acid groups (broad SMARTS) is 1. The summed E-state index contributed by atoms with van der Waals surface area (Å²) in [4.78, 5) is 24.4. The molecule has 0 spiro atoms. The highest BCUT2D eigenvalue weighted by molar-refractivity contribution is 5.89. The second-order valence-electron chi connectivity index (χ2n) is 8.50. The van der Waals surface area contributed by atoms with Crippen LogP contribution in [0, 0.1) is 0 Å². The first-order valence-electron chi connectivity index (χ1n) is 11.7. The molecule has 0 radical (unpaired) electrons. The lowest BCUT2D eigenvalue weighted by Gasteiger charge is -2.38. The molecule has 1 aliphatic rings. The van der Waals surface area contributed by atoms with Gasteiger partial charge in [0.2, 0.25) is 12.0 Å². The minimum Gasteiger partial charge on any atom is -0.504 e. The Kier molecular flexibility index (Phi) is 8.54. The number of rotatable bonds is 10. The molecule has 0 amide bonds. The molecule has 5 atom stereocenters. The SMILES string of the molecule is CNCCOc1ccc(-c2cc(=O)c3c(O)c(OCO)c(O[C@@H]4O[C@H](C(=O)O)[C@@H](O)[C@@H](O)[C@H]4O)cc3o2)cc1. The lowest BCUT2D eigenvalue weighted by atomic mass is 9.99. The standard InChI is InChI=1S/C25H27NO13/c1-26-6-7-35-12-4-2-11(3-5-12)14-8-13(28)17-15(37-14)9-16(22(18(17)29)36-10-27)38-25-21(32)19(30)20(31)23(39-25)24(33)34/h2-5,8-9,19-21,23,25-27,29-32H,6-7,10H2,1H3,(H,33,34)/t19-,20+,21-,23+,25-/m1/s1. The molecule has 7 N–H and O–H groups in total. The van der Waals surface area contributed by atoms with Gasteiger partial charge in [-0.25, -0.2) is 4.79 Å². The van der Waals surface area contributed by atoms with Crippen LogP contribution in [0.15, 0.2) is 45.6 Å². The van der Waals surface area contributed by atoms with Crippen molar-refractivity contribution in [3.63, 3.8) is 0 Å². The number of carboxylic acids is 1. The minimum absolute atomic E-state index is 0.119. The smallest absolute Gasteiger partial charge is 0.335 e. The van der Waals surface area contributed by atoms with Crippen LogP contribution >= 0.6 is 0 Å². The van der Waals surface area contributed by atoms with Crippen LogP contribution in [0.4, 0.5) is 0 Å². The molecular weight excluding hydrogens is 522 g/mol. The molecule has 1 saturated heterocycles. The van der Waals surface area contributed by atoms with Gasteiger partial charge in [-0.05, 0) is 31.3 Å². The maximum Gasteiger partial charge on any atom is 0.335 e. The van der Waals surface area contributed by atoms with E-state index in [1.54, 1.807) is 31.3 Å². The van der Waals surface area contributed by atoms with Crippen molar-refractivity contribution in [2.24, 2.45) is 0 Å². The Morgan fingerprint density at radius 3 is 2.41 bits per heavy atom. The van der Waals surface area contributed by atoms with Gasteiger partial charge in [-0.15, -0.1) is 0 Å². The number of nitrogens with one attached hydrogen (secondary N) is 1. The Balaban J connectivity index is 1.73. The fourth-order valence-corrected chi connectivity index (χ4v) is 3.96. The lowest BCUT2D eigenvalue weighted by Crippen LogP contribution is -2.61. The summed E-state index contributed by atoms with van der Waals surface area (Å²) in [6, 6.07) is 8.92. The van der Waals surface area contributed by atoms with Crippen molar-refractivity contribution in [3.05, 3.63) is 46.6 Å². The number of phenols is 1. The zero-order chi connectivity index (χ0) is 28.3. The van der Waals surface area contributed by atoms with Crippen LogP contribution in [0.1, 0.15) is 0 Å². The van der Waals surface area contributed by atoms with Crippen LogP contribution in [-0.2, 0) is 9.53 Å². The number of aliphatic hydroxyl groups is 4. The maximum absolute atomic E-state index is 12.9. The van der Waals surface area contributed by atoms with Crippen LogP contribution in [0.3, 0.4) is 0 Å². The van der Waals surface area contributed by atoms with Crippen LogP contribution < -0.4 is 25.0 Å². The number of likely N-dealkylation sites (N-methyl/N-ethyl adjacent to an activating group) is 1. The van der Waals surface area contributed by atoms with Crippen molar-refractivity contribution >= 4 is 16.9 Å². The van der Waals surface area contributed by atoms with Crippen molar-refractivity contribution in [1.82, 2.24) is 5.32 Å². The lowest BCUT2D eigenvalue weighted by molar-refractivity contribution is -0.271. The number of carbonyl (C=O) groups is 1. The van der Waals surface area contributed by atoms with Gasteiger partial charge >= 0.3 is 5.97 Å². The molecule has 4 rings (SSSR count). The van der Waals surface area contributed by atoms with Crippen molar-refractivity contribution in [2.75, 3.05) is 27.0 Å². The third-order valence-corrected chi connectivity index (χ3v) is 5.94. The molecule has 210 valence electrons. The predicted octanol–water partition coefficient (Wildman–Crippen LogP) is -0.637. The first-order valence-corrected chi connectivity index (χ1v) is 11.7. The number of hydrogen-bond acceptors (Lipinski definition) is 13. The van der Waals surface area contributed by atoms with E-state index in [-0.39, 0.29) is 16.7 Å². The summed E-state index contributed by atoms with van der Waals surface area (Å²) in [5.41, 5.74) is -0.351. The van der Waals surface area contributed by atoms with E-state index in [2.05, 4.69) is 5.32 Å². The van der Waals surface area contributed by atoms with Gasteiger partial charge in [-0.3, -0.25) is 4.79 Å². The Morgan fingerprint density at radius 2 is 1.77 bits per heavy atom. The number of hydrogen-bond donors (Lipinski definition) is 7. The summed E-state index contributed by atoms with van der Waals surface area (Å²) in [7, 11) is 1.80. The molecule has 0 bridgehead atoms. The van der Waals surface area contributed by atoms with Gasteiger partial charge in [0.15, 0.2) is 29.8 Å². The highest BCUT2D eigenvalue weighted by atomic mass is 16.7. The summed E-state index contributed by atoms with van der Waals surface area (Å²) < 4.78 is 27.0. The van der Waals surface area contributed by atoms with Crippen molar-refractivity contribution < 1.29 is 58.8 Å². The third-order valence-electron chi connectivity index (χ3n) is 5.94. The van der Waals surface area contributed by atoms with Crippen LogP contribution in [0.5, 0.6) is 23.0 Å². The van der Waals surface area contributed by atoms with Crippen molar-refractivity contribution in [1.29, 1.82) is 0 Å². The monoisotopic (exact) mass is 549 g/mol. The first-order chi connectivity index (χ1) is 18.7. The molecule has 0 unspecified atom stereocenters. The van der Waals surface area contributed by atoms with Crippen molar-refractivity contribution in [3.8, 4) is 34.3 Å². The molecule has 0 aliphatic carbocycles. The Labute approximate surface area is 220 Å². The Hall–Kier alpha value is -3.92. The summed E-state index contributed by atoms with van der Waals surface area (Å²) in [6.45, 7) is 0.134. The molecule has 1 aromatic heterocycles. The molecule has 14 nitrogen and oxygen atoms in total. The number of benzene rings is 2. The van der Waals surface area contributed by atoms with Crippen LogP contribution in [0.2, 0.25) is 0 Å². The zero-order valence-corrected chi connectivity index (χ0v) is 20.5. The number of fused-ring (bicyclic) bond motifs is 1. The fraction of sp³-hybridized carbons (Fsp3) is 0.360. The normalized spacial score (nSPS) is 22.9. The number of aromatic hydroxyl groups is 1. The molecule has 39 heavy (non-hydrogen) atoms. The molecule has 2 heterocycles. The fourth-order valence-electron chi connectivity index (χ4n) is 3.96. The molecule has 1 aliphatic heterocycles. The van der Waals surface area contributed by atoms with Gasteiger partial charge in [0.25, 0.3) is 0 Å². The number of ether oxygens (including phenoxy) is 4. The number of phenolic OH excluding ortho intramolecular Hbond substituents is 1. The minimum atomic E-state index is -1.96. The summed E-state index contributed by atoms with van der Waals surface area (Å²) in [5, 5.41) is 62.3. The van der Waals surface area contributed by atoms with Crippen LogP contribution in [0.25, 0.3) is 22.3 Å². The largest absolute Gasteiger partial charge is 0.504 e. The second-order valence-corrected chi connectivity index (χ2v) is 8.50. The molecule has 0 saturated carbocycles. The number of aliphatic hydroxyl groups excluding tert-OH is 4. The Bertz CT molecular complexity index is 1370. The average Bonchev–Trinajstić information content (AvgIpc) is 2.91. The van der Waals surface area contributed by atoms with E-state index >= 15 is 0 Å². The maximum atomic E-state index is 12.9. The second kappa shape index (κ2) is 11.9. The summed E-state index contributed by atoms with van der Waals surface area (Å²) >= 11 is 0. The van der Waals surface area contributed by atoms with E-state index in [1.165, 1.54) is 0 Å². The van der Waals surface area contributed by atoms with Gasteiger partial charge in [0.1, 0.15) is 47.4 Å². The molecule has 2 aromatic carbocycles. The molecular formula is C25H27NO13. The molecule has 14 heteroatoms. The summed E-state index contributed by atoms with van der Waals surface area (Å²) in [5.74, 6) is -2.67. The van der Waals surface area contributed by atoms with Gasteiger partial charge in [-0.1, -0.05) is 0 Å².